The third kappa shape index (κ3) is 19.9. The molecule has 226 valence electrons. The van der Waals surface area contributed by atoms with E-state index in [2.05, 4.69) is 13.8 Å². The van der Waals surface area contributed by atoms with Gasteiger partial charge in [0.25, 0.3) is 0 Å². The van der Waals surface area contributed by atoms with Gasteiger partial charge in [0.1, 0.15) is 0 Å². The molecule has 3 N–H and O–H groups in total. The number of unbranched alkanes of at least 4 members (excludes halogenated alkanes) is 22. The van der Waals surface area contributed by atoms with Crippen molar-refractivity contribution in [3.05, 3.63) is 0 Å². The fourth-order valence-corrected chi connectivity index (χ4v) is 5.02. The van der Waals surface area contributed by atoms with Gasteiger partial charge in [-0.05, 0) is 19.3 Å². The number of hydrogen-bond donors (Lipinski definition) is 3. The molecule has 0 aliphatic carbocycles. The number of esters is 1. The summed E-state index contributed by atoms with van der Waals surface area (Å²) in [6.45, 7) is 4.61. The monoisotopic (exact) mass is 542 g/mol. The Kier molecular flexibility index (Phi) is 25.3. The maximum absolute atomic E-state index is 12.5. The molecule has 0 rings (SSSR count). The molecular formula is C32H62O6. The summed E-state index contributed by atoms with van der Waals surface area (Å²) < 4.78 is 5.22. The van der Waals surface area contributed by atoms with Gasteiger partial charge in [-0.2, -0.15) is 0 Å². The first-order chi connectivity index (χ1) is 18.4. The van der Waals surface area contributed by atoms with E-state index in [4.69, 9.17) is 4.74 Å². The van der Waals surface area contributed by atoms with Crippen LogP contribution in [-0.4, -0.2) is 45.6 Å². The summed E-state index contributed by atoms with van der Waals surface area (Å²) in [6, 6.07) is 0. The summed E-state index contributed by atoms with van der Waals surface area (Å²) >= 11 is 0. The van der Waals surface area contributed by atoms with Crippen LogP contribution in [0.25, 0.3) is 0 Å². The standard InChI is InChI=1S/C32H62O6/c1-3-5-7-9-11-13-15-17-19-21-23-25-27-32(37,29(33)30(34)35)31(36)38-28-26-24-22-20-18-16-14-12-10-8-6-4-2/h29,33,37H,3-28H2,1-2H3,(H,34,35). The Hall–Kier alpha value is -1.14. The molecule has 0 heterocycles. The summed E-state index contributed by atoms with van der Waals surface area (Å²) in [4.78, 5) is 23.9. The Morgan fingerprint density at radius 1 is 0.579 bits per heavy atom. The molecule has 2 atom stereocenters. The lowest BCUT2D eigenvalue weighted by Crippen LogP contribution is -2.54. The summed E-state index contributed by atoms with van der Waals surface area (Å²) in [6.07, 6.45) is 25.7. The third-order valence-corrected chi connectivity index (χ3v) is 7.68. The maximum atomic E-state index is 12.5. The van der Waals surface area contributed by atoms with E-state index >= 15 is 0 Å². The highest BCUT2D eigenvalue weighted by Crippen LogP contribution is 2.23. The predicted octanol–water partition coefficient (Wildman–Crippen LogP) is 8.50. The lowest BCUT2D eigenvalue weighted by molar-refractivity contribution is -0.189. The number of carbonyl (C=O) groups is 2. The van der Waals surface area contributed by atoms with Gasteiger partial charge < -0.3 is 20.1 Å². The van der Waals surface area contributed by atoms with Crippen LogP contribution in [0, 0.1) is 0 Å². The van der Waals surface area contributed by atoms with Crippen LogP contribution in [-0.2, 0) is 14.3 Å². The van der Waals surface area contributed by atoms with Crippen LogP contribution in [0.1, 0.15) is 174 Å². The lowest BCUT2D eigenvalue weighted by atomic mass is 9.89. The van der Waals surface area contributed by atoms with Gasteiger partial charge in [0, 0.05) is 0 Å². The first-order valence-electron chi connectivity index (χ1n) is 16.2. The van der Waals surface area contributed by atoms with Gasteiger partial charge in [-0.25, -0.2) is 9.59 Å². The Morgan fingerprint density at radius 3 is 1.24 bits per heavy atom. The number of ether oxygens (including phenoxy) is 1. The van der Waals surface area contributed by atoms with Crippen LogP contribution >= 0.6 is 0 Å². The molecular weight excluding hydrogens is 480 g/mol. The predicted molar refractivity (Wildman–Crippen MR) is 156 cm³/mol. The number of aliphatic hydroxyl groups excluding tert-OH is 1. The van der Waals surface area contributed by atoms with Gasteiger partial charge in [-0.1, -0.05) is 155 Å². The van der Waals surface area contributed by atoms with Crippen molar-refractivity contribution in [3.8, 4) is 0 Å². The van der Waals surface area contributed by atoms with Gasteiger partial charge in [-0.3, -0.25) is 0 Å². The molecule has 0 saturated heterocycles. The number of aliphatic carboxylic acids is 1. The van der Waals surface area contributed by atoms with Crippen LogP contribution in [0.4, 0.5) is 0 Å². The number of aliphatic hydroxyl groups is 2. The number of rotatable bonds is 29. The fraction of sp³-hybridized carbons (Fsp3) is 0.938. The van der Waals surface area contributed by atoms with E-state index in [9.17, 15) is 24.9 Å². The van der Waals surface area contributed by atoms with E-state index in [-0.39, 0.29) is 13.0 Å². The highest BCUT2D eigenvalue weighted by atomic mass is 16.6. The zero-order chi connectivity index (χ0) is 28.3. The molecule has 0 saturated carbocycles. The van der Waals surface area contributed by atoms with E-state index in [0.29, 0.717) is 12.8 Å². The molecule has 0 aliphatic heterocycles. The molecule has 0 aliphatic rings. The van der Waals surface area contributed by atoms with E-state index in [0.717, 1.165) is 32.1 Å². The Labute approximate surface area is 234 Å². The van der Waals surface area contributed by atoms with Gasteiger partial charge in [0.2, 0.25) is 0 Å². The number of carbonyl (C=O) groups excluding carboxylic acids is 1. The molecule has 38 heavy (non-hydrogen) atoms. The highest BCUT2D eigenvalue weighted by Gasteiger charge is 2.48. The van der Waals surface area contributed by atoms with Crippen molar-refractivity contribution in [2.24, 2.45) is 0 Å². The average molecular weight is 543 g/mol. The molecule has 0 aromatic carbocycles. The molecule has 0 spiro atoms. The quantitative estimate of drug-likeness (QED) is 0.0646. The average Bonchev–Trinajstić information content (AvgIpc) is 2.91. The molecule has 0 radical (unpaired) electrons. The molecule has 0 aromatic rings. The van der Waals surface area contributed by atoms with Crippen LogP contribution in [0.2, 0.25) is 0 Å². The van der Waals surface area contributed by atoms with Crippen molar-refractivity contribution in [2.75, 3.05) is 6.61 Å². The van der Waals surface area contributed by atoms with Crippen molar-refractivity contribution in [1.29, 1.82) is 0 Å². The Morgan fingerprint density at radius 2 is 0.895 bits per heavy atom. The Bertz CT molecular complexity index is 552. The van der Waals surface area contributed by atoms with E-state index < -0.39 is 23.6 Å². The second kappa shape index (κ2) is 26.1. The van der Waals surface area contributed by atoms with Crippen molar-refractivity contribution >= 4 is 11.9 Å². The fourth-order valence-electron chi connectivity index (χ4n) is 5.02. The minimum absolute atomic E-state index is 0.102. The van der Waals surface area contributed by atoms with Crippen LogP contribution in [0.15, 0.2) is 0 Å². The molecule has 0 fully saturated rings. The van der Waals surface area contributed by atoms with Crippen LogP contribution in [0.5, 0.6) is 0 Å². The van der Waals surface area contributed by atoms with E-state index in [1.807, 2.05) is 0 Å². The molecule has 6 nitrogen and oxygen atoms in total. The largest absolute Gasteiger partial charge is 0.479 e. The lowest BCUT2D eigenvalue weighted by Gasteiger charge is -2.28. The van der Waals surface area contributed by atoms with E-state index in [1.165, 1.54) is 109 Å². The topological polar surface area (TPSA) is 104 Å². The second-order valence-corrected chi connectivity index (χ2v) is 11.3. The first-order valence-corrected chi connectivity index (χ1v) is 16.2. The zero-order valence-corrected chi connectivity index (χ0v) is 25.0. The van der Waals surface area contributed by atoms with Crippen LogP contribution in [0.3, 0.4) is 0 Å². The first kappa shape index (κ1) is 36.9. The SMILES string of the molecule is CCCCCCCCCCCCCCOC(=O)C(O)(CCCCCCCCCCCCCC)C(O)C(=O)O. The van der Waals surface area contributed by atoms with Crippen LogP contribution < -0.4 is 0 Å². The number of hydrogen-bond acceptors (Lipinski definition) is 5. The highest BCUT2D eigenvalue weighted by molar-refractivity contribution is 5.88. The van der Waals surface area contributed by atoms with Gasteiger partial charge >= 0.3 is 11.9 Å². The summed E-state index contributed by atoms with van der Waals surface area (Å²) in [5.74, 6) is -2.62. The third-order valence-electron chi connectivity index (χ3n) is 7.68. The maximum Gasteiger partial charge on any atom is 0.341 e. The molecule has 6 heteroatoms. The molecule has 0 bridgehead atoms. The summed E-state index contributed by atoms with van der Waals surface area (Å²) in [5.41, 5.74) is -2.39. The van der Waals surface area contributed by atoms with Crippen molar-refractivity contribution in [1.82, 2.24) is 0 Å². The normalized spacial score (nSPS) is 13.8. The smallest absolute Gasteiger partial charge is 0.341 e. The molecule has 0 amide bonds. The van der Waals surface area contributed by atoms with Gasteiger partial charge in [-0.15, -0.1) is 0 Å². The molecule has 2 unspecified atom stereocenters. The molecule has 0 aromatic heterocycles. The van der Waals surface area contributed by atoms with Gasteiger partial charge in [0.05, 0.1) is 6.61 Å². The van der Waals surface area contributed by atoms with Gasteiger partial charge in [0.15, 0.2) is 11.7 Å². The summed E-state index contributed by atoms with van der Waals surface area (Å²) in [5, 5.41) is 30.0. The van der Waals surface area contributed by atoms with Crippen molar-refractivity contribution < 1.29 is 29.6 Å². The minimum atomic E-state index is -2.39. The second-order valence-electron chi connectivity index (χ2n) is 11.3. The van der Waals surface area contributed by atoms with Crippen molar-refractivity contribution in [3.63, 3.8) is 0 Å². The number of carboxylic acids is 1. The van der Waals surface area contributed by atoms with E-state index in [1.54, 1.807) is 0 Å². The van der Waals surface area contributed by atoms with Crippen molar-refractivity contribution in [2.45, 2.75) is 186 Å². The zero-order valence-electron chi connectivity index (χ0n) is 25.0. The Balaban J connectivity index is 4.00. The minimum Gasteiger partial charge on any atom is -0.479 e. The summed E-state index contributed by atoms with van der Waals surface area (Å²) in [7, 11) is 0. The number of carboxylic acid groups (broad SMARTS) is 1.